The third-order valence-corrected chi connectivity index (χ3v) is 2.77. The van der Waals surface area contributed by atoms with Gasteiger partial charge in [-0.2, -0.15) is 5.26 Å². The summed E-state index contributed by atoms with van der Waals surface area (Å²) in [5.41, 5.74) is 1.50. The lowest BCUT2D eigenvalue weighted by molar-refractivity contribution is 0.0586. The van der Waals surface area contributed by atoms with E-state index >= 15 is 0 Å². The molecule has 0 aliphatic heterocycles. The van der Waals surface area contributed by atoms with Crippen LogP contribution in [0.2, 0.25) is 0 Å². The highest BCUT2D eigenvalue weighted by Gasteiger charge is 2.15. The molecule has 0 amide bonds. The van der Waals surface area contributed by atoms with Crippen molar-refractivity contribution in [1.29, 1.82) is 5.26 Å². The van der Waals surface area contributed by atoms with Crippen molar-refractivity contribution < 1.29 is 9.53 Å². The van der Waals surface area contributed by atoms with Crippen molar-refractivity contribution in [3.63, 3.8) is 0 Å². The minimum Gasteiger partial charge on any atom is -0.463 e. The summed E-state index contributed by atoms with van der Waals surface area (Å²) in [4.78, 5) is 15.2. The van der Waals surface area contributed by atoms with Gasteiger partial charge in [-0.3, -0.25) is 0 Å². The van der Waals surface area contributed by atoms with Gasteiger partial charge in [0.1, 0.15) is 6.33 Å². The molecule has 2 rings (SSSR count). The lowest BCUT2D eigenvalue weighted by atomic mass is 10.1. The fourth-order valence-corrected chi connectivity index (χ4v) is 1.67. The first-order chi connectivity index (χ1) is 9.15. The Bertz CT molecular complexity index is 642. The second-order valence-corrected chi connectivity index (χ2v) is 3.95. The summed E-state index contributed by atoms with van der Waals surface area (Å²) < 4.78 is 6.11. The van der Waals surface area contributed by atoms with Crippen molar-refractivity contribution in [3.05, 3.63) is 47.5 Å². The summed E-state index contributed by atoms with van der Waals surface area (Å²) in [5, 5.41) is 12.9. The maximum Gasteiger partial charge on any atom is 0.377 e. The highest BCUT2D eigenvalue weighted by Crippen LogP contribution is 2.17. The molecule has 0 bridgehead atoms. The molecule has 0 N–H and O–H groups in total. The number of carbonyl (C=O) groups excluding carboxylic acids is 1. The summed E-state index contributed by atoms with van der Waals surface area (Å²) in [6.45, 7) is 1.91. The van der Waals surface area contributed by atoms with Gasteiger partial charge in [-0.05, 0) is 24.6 Å². The molecule has 1 aromatic carbocycles. The van der Waals surface area contributed by atoms with E-state index in [1.165, 1.54) is 13.4 Å². The fraction of sp³-hybridized carbons (Fsp3) is 0.231. The largest absolute Gasteiger partial charge is 0.463 e. The number of benzene rings is 1. The summed E-state index contributed by atoms with van der Waals surface area (Å²) >= 11 is 0. The maximum absolute atomic E-state index is 11.3. The average molecular weight is 256 g/mol. The van der Waals surface area contributed by atoms with Crippen LogP contribution in [0.4, 0.5) is 0 Å². The van der Waals surface area contributed by atoms with E-state index in [-0.39, 0.29) is 11.9 Å². The van der Waals surface area contributed by atoms with E-state index in [0.717, 1.165) is 5.56 Å². The van der Waals surface area contributed by atoms with Gasteiger partial charge < -0.3 is 4.74 Å². The van der Waals surface area contributed by atoms with Crippen LogP contribution >= 0.6 is 0 Å². The minimum atomic E-state index is -0.572. The Morgan fingerprint density at radius 1 is 1.53 bits per heavy atom. The van der Waals surface area contributed by atoms with Crippen LogP contribution in [0.1, 0.15) is 34.7 Å². The van der Waals surface area contributed by atoms with Gasteiger partial charge in [0.15, 0.2) is 0 Å². The molecule has 6 heteroatoms. The van der Waals surface area contributed by atoms with E-state index in [1.54, 1.807) is 16.8 Å². The van der Waals surface area contributed by atoms with Crippen LogP contribution in [-0.2, 0) is 4.74 Å². The highest BCUT2D eigenvalue weighted by molar-refractivity contribution is 5.84. The number of hydrogen-bond donors (Lipinski definition) is 0. The molecule has 1 heterocycles. The van der Waals surface area contributed by atoms with Gasteiger partial charge in [0.2, 0.25) is 0 Å². The van der Waals surface area contributed by atoms with Gasteiger partial charge >= 0.3 is 5.97 Å². The predicted octanol–water partition coefficient (Wildman–Crippen LogP) is 1.55. The second kappa shape index (κ2) is 5.31. The van der Waals surface area contributed by atoms with Crippen molar-refractivity contribution in [3.8, 4) is 6.07 Å². The molecule has 0 spiro atoms. The Kier molecular flexibility index (Phi) is 3.57. The summed E-state index contributed by atoms with van der Waals surface area (Å²) in [6, 6.07) is 9.18. The molecular weight excluding hydrogens is 244 g/mol. The standard InChI is InChI=1S/C13H12N4O2/c1-9(11-5-3-4-10(6-11)7-14)17-8-15-12(16-17)13(18)19-2/h3-6,8-9H,1-2H3. The quantitative estimate of drug-likeness (QED) is 0.778. The molecule has 1 unspecified atom stereocenters. The first-order valence-electron chi connectivity index (χ1n) is 5.65. The van der Waals surface area contributed by atoms with Crippen LogP contribution in [0.3, 0.4) is 0 Å². The molecule has 0 aliphatic carbocycles. The molecule has 1 atom stereocenters. The normalized spacial score (nSPS) is 11.6. The number of nitriles is 1. The SMILES string of the molecule is COC(=O)c1ncn(C(C)c2cccc(C#N)c2)n1. The molecule has 0 saturated heterocycles. The van der Waals surface area contributed by atoms with E-state index < -0.39 is 5.97 Å². The Morgan fingerprint density at radius 3 is 3.00 bits per heavy atom. The number of esters is 1. The summed E-state index contributed by atoms with van der Waals surface area (Å²) in [6.07, 6.45) is 1.47. The molecule has 6 nitrogen and oxygen atoms in total. The first-order valence-corrected chi connectivity index (χ1v) is 5.65. The van der Waals surface area contributed by atoms with Crippen LogP contribution in [0, 0.1) is 11.3 Å². The number of carbonyl (C=O) groups is 1. The molecular formula is C13H12N4O2. The zero-order valence-electron chi connectivity index (χ0n) is 10.6. The first kappa shape index (κ1) is 12.8. The van der Waals surface area contributed by atoms with E-state index in [0.29, 0.717) is 5.56 Å². The zero-order chi connectivity index (χ0) is 13.8. The highest BCUT2D eigenvalue weighted by atomic mass is 16.5. The summed E-state index contributed by atoms with van der Waals surface area (Å²) in [5.74, 6) is -0.553. The van der Waals surface area contributed by atoms with Crippen molar-refractivity contribution in [1.82, 2.24) is 14.8 Å². The number of ether oxygens (including phenoxy) is 1. The van der Waals surface area contributed by atoms with E-state index in [2.05, 4.69) is 20.9 Å². The Hall–Kier alpha value is -2.68. The predicted molar refractivity (Wildman–Crippen MR) is 66.3 cm³/mol. The van der Waals surface area contributed by atoms with Gasteiger partial charge in [0.05, 0.1) is 24.8 Å². The van der Waals surface area contributed by atoms with Crippen LogP contribution in [0.15, 0.2) is 30.6 Å². The molecule has 0 aliphatic rings. The molecule has 1 aromatic heterocycles. The van der Waals surface area contributed by atoms with Gasteiger partial charge in [-0.15, -0.1) is 5.10 Å². The lowest BCUT2D eigenvalue weighted by Crippen LogP contribution is -2.10. The minimum absolute atomic E-state index is 0.0192. The van der Waals surface area contributed by atoms with Gasteiger partial charge in [-0.25, -0.2) is 14.5 Å². The van der Waals surface area contributed by atoms with E-state index in [9.17, 15) is 4.79 Å². The number of methoxy groups -OCH3 is 1. The third-order valence-electron chi connectivity index (χ3n) is 2.77. The van der Waals surface area contributed by atoms with Gasteiger partial charge in [0, 0.05) is 0 Å². The number of nitrogens with zero attached hydrogens (tertiary/aromatic N) is 4. The molecule has 0 fully saturated rings. The Morgan fingerprint density at radius 2 is 2.32 bits per heavy atom. The van der Waals surface area contributed by atoms with Crippen LogP contribution in [0.25, 0.3) is 0 Å². The molecule has 96 valence electrons. The molecule has 0 radical (unpaired) electrons. The monoisotopic (exact) mass is 256 g/mol. The van der Waals surface area contributed by atoms with Crippen molar-refractivity contribution in [2.24, 2.45) is 0 Å². The smallest absolute Gasteiger partial charge is 0.377 e. The molecule has 2 aromatic rings. The van der Waals surface area contributed by atoms with E-state index in [1.807, 2.05) is 19.1 Å². The van der Waals surface area contributed by atoms with Crippen LogP contribution in [-0.4, -0.2) is 27.8 Å². The van der Waals surface area contributed by atoms with Gasteiger partial charge in [-0.1, -0.05) is 12.1 Å². The Labute approximate surface area is 110 Å². The fourth-order valence-electron chi connectivity index (χ4n) is 1.67. The number of aromatic nitrogens is 3. The second-order valence-electron chi connectivity index (χ2n) is 3.95. The molecule has 19 heavy (non-hydrogen) atoms. The van der Waals surface area contributed by atoms with Crippen LogP contribution < -0.4 is 0 Å². The summed E-state index contributed by atoms with van der Waals surface area (Å²) in [7, 11) is 1.28. The van der Waals surface area contributed by atoms with Crippen molar-refractivity contribution >= 4 is 5.97 Å². The van der Waals surface area contributed by atoms with Crippen molar-refractivity contribution in [2.75, 3.05) is 7.11 Å². The molecule has 0 saturated carbocycles. The number of hydrogen-bond acceptors (Lipinski definition) is 5. The lowest BCUT2D eigenvalue weighted by Gasteiger charge is -2.11. The van der Waals surface area contributed by atoms with Crippen molar-refractivity contribution in [2.45, 2.75) is 13.0 Å². The topological polar surface area (TPSA) is 80.8 Å². The Balaban J connectivity index is 2.28. The average Bonchev–Trinajstić information content (AvgIpc) is 2.95. The zero-order valence-corrected chi connectivity index (χ0v) is 10.6. The van der Waals surface area contributed by atoms with Gasteiger partial charge in [0.25, 0.3) is 5.82 Å². The maximum atomic E-state index is 11.3. The van der Waals surface area contributed by atoms with E-state index in [4.69, 9.17) is 5.26 Å². The number of rotatable bonds is 3. The van der Waals surface area contributed by atoms with Crippen LogP contribution in [0.5, 0.6) is 0 Å². The third kappa shape index (κ3) is 2.60.